The summed E-state index contributed by atoms with van der Waals surface area (Å²) in [7, 11) is 4.20. The highest BCUT2D eigenvalue weighted by Gasteiger charge is 2.45. The van der Waals surface area contributed by atoms with Crippen molar-refractivity contribution in [3.63, 3.8) is 0 Å². The second-order valence-corrected chi connectivity index (χ2v) is 13.7. The van der Waals surface area contributed by atoms with Gasteiger partial charge in [0, 0.05) is 35.5 Å². The second kappa shape index (κ2) is 9.27. The molecule has 5 heterocycles. The van der Waals surface area contributed by atoms with Crippen LogP contribution >= 0.6 is 22.7 Å². The van der Waals surface area contributed by atoms with Crippen LogP contribution in [0.15, 0.2) is 12.4 Å². The molecule has 1 spiro atoms. The fourth-order valence-electron chi connectivity index (χ4n) is 7.02. The van der Waals surface area contributed by atoms with Crippen molar-refractivity contribution < 1.29 is 9.59 Å². The van der Waals surface area contributed by atoms with Crippen LogP contribution in [0.4, 0.5) is 10.8 Å². The Labute approximate surface area is 230 Å². The van der Waals surface area contributed by atoms with E-state index in [0.717, 1.165) is 95.9 Å². The molecule has 3 aromatic heterocycles. The van der Waals surface area contributed by atoms with Crippen molar-refractivity contribution in [1.82, 2.24) is 25.1 Å². The van der Waals surface area contributed by atoms with E-state index in [0.29, 0.717) is 11.9 Å². The number of likely N-dealkylation sites (tertiary alicyclic amines) is 1. The number of aromatic nitrogens is 2. The average molecular weight is 551 g/mol. The van der Waals surface area contributed by atoms with Gasteiger partial charge in [0.15, 0.2) is 0 Å². The summed E-state index contributed by atoms with van der Waals surface area (Å²) in [6.45, 7) is 1.70. The number of aryl methyl sites for hydroxylation is 1. The third-order valence-electron chi connectivity index (χ3n) is 9.16. The Morgan fingerprint density at radius 2 is 2.03 bits per heavy atom. The Kier molecular flexibility index (Phi) is 5.97. The highest BCUT2D eigenvalue weighted by molar-refractivity contribution is 7.19. The number of carbonyl (C=O) groups excluding carboxylic acids is 2. The van der Waals surface area contributed by atoms with Gasteiger partial charge in [-0.3, -0.25) is 9.59 Å². The Balaban J connectivity index is 1.14. The summed E-state index contributed by atoms with van der Waals surface area (Å²) in [5.74, 6) is 1.23. The molecule has 2 atom stereocenters. The van der Waals surface area contributed by atoms with Crippen LogP contribution in [-0.4, -0.2) is 64.8 Å². The number of anilines is 2. The molecule has 8 nitrogen and oxygen atoms in total. The van der Waals surface area contributed by atoms with Gasteiger partial charge in [0.05, 0.1) is 20.8 Å². The monoisotopic (exact) mass is 550 g/mol. The lowest BCUT2D eigenvalue weighted by molar-refractivity contribution is -0.134. The number of nitrogens with one attached hydrogen (secondary N) is 2. The average Bonchev–Trinajstić information content (AvgIpc) is 3.68. The van der Waals surface area contributed by atoms with E-state index in [-0.39, 0.29) is 17.4 Å². The van der Waals surface area contributed by atoms with E-state index in [1.165, 1.54) is 28.2 Å². The lowest BCUT2D eigenvalue weighted by Crippen LogP contribution is -2.40. The largest absolute Gasteiger partial charge is 0.342 e. The van der Waals surface area contributed by atoms with Gasteiger partial charge in [0.2, 0.25) is 5.91 Å². The van der Waals surface area contributed by atoms with Gasteiger partial charge in [0.25, 0.3) is 5.91 Å². The molecule has 0 aromatic carbocycles. The molecule has 10 heteroatoms. The SMILES string of the molecule is CN(C)[C@H]1CCN(C(=O)C2CCc3c(sc4ncnc(Nc5cc6c(s5)C(=O)NC65CCCCC5)c34)C2)C1. The summed E-state index contributed by atoms with van der Waals surface area (Å²) in [6, 6.07) is 2.63. The molecule has 7 rings (SSSR count). The molecule has 2 aliphatic heterocycles. The van der Waals surface area contributed by atoms with Gasteiger partial charge >= 0.3 is 0 Å². The van der Waals surface area contributed by atoms with Gasteiger partial charge in [-0.05, 0) is 64.3 Å². The zero-order chi connectivity index (χ0) is 26.0. The van der Waals surface area contributed by atoms with Crippen molar-refractivity contribution >= 4 is 55.5 Å². The lowest BCUT2D eigenvalue weighted by atomic mass is 9.78. The molecule has 4 aliphatic rings. The number of fused-ring (bicyclic) bond motifs is 5. The summed E-state index contributed by atoms with van der Waals surface area (Å²) in [6.07, 6.45) is 10.8. The maximum Gasteiger partial charge on any atom is 0.262 e. The molecule has 2 N–H and O–H groups in total. The normalized spacial score (nSPS) is 24.2. The van der Waals surface area contributed by atoms with E-state index in [1.54, 1.807) is 17.7 Å². The molecule has 1 saturated heterocycles. The van der Waals surface area contributed by atoms with Crippen LogP contribution in [0, 0.1) is 5.92 Å². The third kappa shape index (κ3) is 3.95. The van der Waals surface area contributed by atoms with Gasteiger partial charge in [-0.1, -0.05) is 19.3 Å². The van der Waals surface area contributed by atoms with Crippen molar-refractivity contribution in [3.05, 3.63) is 33.3 Å². The molecule has 1 unspecified atom stereocenters. The first kappa shape index (κ1) is 24.5. The first-order chi connectivity index (χ1) is 18.4. The van der Waals surface area contributed by atoms with E-state index in [9.17, 15) is 9.59 Å². The molecule has 38 heavy (non-hydrogen) atoms. The number of thiophene rings is 2. The Morgan fingerprint density at radius 3 is 2.82 bits per heavy atom. The number of rotatable bonds is 4. The molecular weight excluding hydrogens is 516 g/mol. The van der Waals surface area contributed by atoms with E-state index in [2.05, 4.69) is 50.6 Å². The van der Waals surface area contributed by atoms with Crippen LogP contribution in [0.5, 0.6) is 0 Å². The standard InChI is InChI=1S/C28H34N6O2S2/c1-33(2)17-8-11-34(14-17)27(36)16-6-7-18-20(12-16)37-26-22(18)24(29-15-30-26)31-21-13-19-23(38-21)25(35)32-28(19)9-4-3-5-10-28/h13,15-17H,3-12,14H2,1-2H3,(H,32,35)(H,29,30,31)/t16?,17-/m0/s1. The van der Waals surface area contributed by atoms with Gasteiger partial charge in [-0.2, -0.15) is 0 Å². The summed E-state index contributed by atoms with van der Waals surface area (Å²) < 4.78 is 0. The molecule has 2 fully saturated rings. The maximum absolute atomic E-state index is 13.4. The van der Waals surface area contributed by atoms with Gasteiger partial charge in [0.1, 0.15) is 17.0 Å². The van der Waals surface area contributed by atoms with Crippen molar-refractivity contribution in [2.45, 2.75) is 69.4 Å². The number of hydrogen-bond acceptors (Lipinski definition) is 8. The van der Waals surface area contributed by atoms with E-state index in [1.807, 2.05) is 0 Å². The Morgan fingerprint density at radius 1 is 1.18 bits per heavy atom. The molecular formula is C28H34N6O2S2. The molecule has 200 valence electrons. The van der Waals surface area contributed by atoms with Crippen molar-refractivity contribution in [2.24, 2.45) is 5.92 Å². The topological polar surface area (TPSA) is 90.5 Å². The number of hydrogen-bond donors (Lipinski definition) is 2. The van der Waals surface area contributed by atoms with Gasteiger partial charge in [-0.25, -0.2) is 9.97 Å². The molecule has 2 aliphatic carbocycles. The van der Waals surface area contributed by atoms with Crippen molar-refractivity contribution in [1.29, 1.82) is 0 Å². The van der Waals surface area contributed by atoms with Gasteiger partial charge < -0.3 is 20.4 Å². The first-order valence-electron chi connectivity index (χ1n) is 13.9. The zero-order valence-electron chi connectivity index (χ0n) is 22.0. The Bertz CT molecular complexity index is 1420. The Hall–Kier alpha value is -2.56. The highest BCUT2D eigenvalue weighted by atomic mass is 32.1. The summed E-state index contributed by atoms with van der Waals surface area (Å²) in [5.41, 5.74) is 2.26. The number of amides is 2. The van der Waals surface area contributed by atoms with E-state index >= 15 is 0 Å². The van der Waals surface area contributed by atoms with Crippen LogP contribution < -0.4 is 10.6 Å². The van der Waals surface area contributed by atoms with Crippen LogP contribution in [0.2, 0.25) is 0 Å². The van der Waals surface area contributed by atoms with Crippen LogP contribution in [0.1, 0.15) is 70.6 Å². The molecule has 2 amide bonds. The highest BCUT2D eigenvalue weighted by Crippen LogP contribution is 2.48. The smallest absolute Gasteiger partial charge is 0.262 e. The molecule has 0 bridgehead atoms. The number of likely N-dealkylation sites (N-methyl/N-ethyl adjacent to an activating group) is 1. The second-order valence-electron chi connectivity index (χ2n) is 11.6. The van der Waals surface area contributed by atoms with Crippen molar-refractivity contribution in [3.8, 4) is 0 Å². The molecule has 1 saturated carbocycles. The summed E-state index contributed by atoms with van der Waals surface area (Å²) >= 11 is 3.23. The van der Waals surface area contributed by atoms with Crippen LogP contribution in [0.25, 0.3) is 10.2 Å². The maximum atomic E-state index is 13.4. The quantitative estimate of drug-likeness (QED) is 0.491. The minimum absolute atomic E-state index is 0.0475. The van der Waals surface area contributed by atoms with E-state index < -0.39 is 0 Å². The number of carbonyl (C=O) groups is 2. The minimum Gasteiger partial charge on any atom is -0.342 e. The summed E-state index contributed by atoms with van der Waals surface area (Å²) in [4.78, 5) is 42.8. The fraction of sp³-hybridized carbons (Fsp3) is 0.571. The van der Waals surface area contributed by atoms with Crippen LogP contribution in [0.3, 0.4) is 0 Å². The summed E-state index contributed by atoms with van der Waals surface area (Å²) in [5, 5.41) is 8.91. The van der Waals surface area contributed by atoms with E-state index in [4.69, 9.17) is 0 Å². The number of nitrogens with zero attached hydrogens (tertiary/aromatic N) is 4. The fourth-order valence-corrected chi connectivity index (χ4v) is 9.34. The van der Waals surface area contributed by atoms with Crippen molar-refractivity contribution in [2.75, 3.05) is 32.5 Å². The molecule has 0 radical (unpaired) electrons. The predicted molar refractivity (Wildman–Crippen MR) is 151 cm³/mol. The minimum atomic E-state index is -0.187. The third-order valence-corrected chi connectivity index (χ3v) is 11.4. The molecule has 3 aromatic rings. The van der Waals surface area contributed by atoms with Crippen LogP contribution in [-0.2, 0) is 23.2 Å². The van der Waals surface area contributed by atoms with Gasteiger partial charge in [-0.15, -0.1) is 22.7 Å². The zero-order valence-corrected chi connectivity index (χ0v) is 23.6. The first-order valence-corrected chi connectivity index (χ1v) is 15.5. The predicted octanol–water partition coefficient (Wildman–Crippen LogP) is 4.67. The lowest BCUT2D eigenvalue weighted by Gasteiger charge is -2.33.